The molecule has 3 heteroatoms. The Kier molecular flexibility index (Phi) is 7.29. The zero-order valence-electron chi connectivity index (χ0n) is 15.0. The van der Waals surface area contributed by atoms with Gasteiger partial charge in [0.1, 0.15) is 5.75 Å². The number of benzene rings is 2. The van der Waals surface area contributed by atoms with E-state index in [0.717, 1.165) is 42.7 Å². The SMILES string of the molecule is CCC(O)CCCNC(C)c1ccc(-c2ccccc2OC)cc1. The molecule has 130 valence electrons. The second-order valence-corrected chi connectivity index (χ2v) is 6.20. The van der Waals surface area contributed by atoms with Crippen LogP contribution in [0.1, 0.15) is 44.7 Å². The van der Waals surface area contributed by atoms with Crippen molar-refractivity contribution >= 4 is 0 Å². The van der Waals surface area contributed by atoms with Gasteiger partial charge in [-0.05, 0) is 49.9 Å². The van der Waals surface area contributed by atoms with Gasteiger partial charge >= 0.3 is 0 Å². The molecule has 0 aliphatic carbocycles. The number of aliphatic hydroxyl groups is 1. The van der Waals surface area contributed by atoms with Gasteiger partial charge in [0.2, 0.25) is 0 Å². The minimum absolute atomic E-state index is 0.165. The Morgan fingerprint density at radius 1 is 1.08 bits per heavy atom. The molecule has 2 rings (SSSR count). The smallest absolute Gasteiger partial charge is 0.126 e. The summed E-state index contributed by atoms with van der Waals surface area (Å²) >= 11 is 0. The zero-order chi connectivity index (χ0) is 17.4. The van der Waals surface area contributed by atoms with Gasteiger partial charge in [0.15, 0.2) is 0 Å². The largest absolute Gasteiger partial charge is 0.496 e. The van der Waals surface area contributed by atoms with E-state index in [9.17, 15) is 5.11 Å². The predicted molar refractivity (Wildman–Crippen MR) is 100 cm³/mol. The summed E-state index contributed by atoms with van der Waals surface area (Å²) in [6, 6.07) is 17.0. The van der Waals surface area contributed by atoms with Crippen LogP contribution in [0.25, 0.3) is 11.1 Å². The highest BCUT2D eigenvalue weighted by Gasteiger charge is 2.08. The lowest BCUT2D eigenvalue weighted by Gasteiger charge is -2.16. The van der Waals surface area contributed by atoms with Crippen molar-refractivity contribution in [3.8, 4) is 16.9 Å². The summed E-state index contributed by atoms with van der Waals surface area (Å²) in [5.41, 5.74) is 3.54. The molecule has 0 aliphatic heterocycles. The Hall–Kier alpha value is -1.84. The number of nitrogens with one attached hydrogen (secondary N) is 1. The third-order valence-corrected chi connectivity index (χ3v) is 4.46. The van der Waals surface area contributed by atoms with Crippen molar-refractivity contribution in [1.82, 2.24) is 5.32 Å². The highest BCUT2D eigenvalue weighted by Crippen LogP contribution is 2.30. The fourth-order valence-electron chi connectivity index (χ4n) is 2.81. The fourth-order valence-corrected chi connectivity index (χ4v) is 2.81. The Bertz CT molecular complexity index is 609. The van der Waals surface area contributed by atoms with Crippen molar-refractivity contribution < 1.29 is 9.84 Å². The monoisotopic (exact) mass is 327 g/mol. The van der Waals surface area contributed by atoms with Crippen LogP contribution in [0.15, 0.2) is 48.5 Å². The Balaban J connectivity index is 1.94. The molecule has 0 spiro atoms. The molecule has 0 aliphatic rings. The molecule has 0 radical (unpaired) electrons. The number of hydrogen-bond acceptors (Lipinski definition) is 3. The fraction of sp³-hybridized carbons (Fsp3) is 0.429. The maximum atomic E-state index is 9.58. The van der Waals surface area contributed by atoms with E-state index in [1.807, 2.05) is 25.1 Å². The van der Waals surface area contributed by atoms with Crippen molar-refractivity contribution in [2.24, 2.45) is 0 Å². The Morgan fingerprint density at radius 3 is 2.46 bits per heavy atom. The van der Waals surface area contributed by atoms with Gasteiger partial charge < -0.3 is 15.2 Å². The maximum absolute atomic E-state index is 9.58. The molecular weight excluding hydrogens is 298 g/mol. The summed E-state index contributed by atoms with van der Waals surface area (Å²) in [6.07, 6.45) is 2.53. The van der Waals surface area contributed by atoms with E-state index in [0.29, 0.717) is 6.04 Å². The van der Waals surface area contributed by atoms with E-state index in [1.165, 1.54) is 5.56 Å². The number of rotatable bonds is 9. The molecule has 2 aromatic rings. The molecule has 0 amide bonds. The first-order chi connectivity index (χ1) is 11.7. The normalized spacial score (nSPS) is 13.5. The lowest BCUT2D eigenvalue weighted by Crippen LogP contribution is -2.21. The van der Waals surface area contributed by atoms with Gasteiger partial charge in [0.25, 0.3) is 0 Å². The van der Waals surface area contributed by atoms with Gasteiger partial charge in [-0.3, -0.25) is 0 Å². The summed E-state index contributed by atoms with van der Waals surface area (Å²) in [4.78, 5) is 0. The van der Waals surface area contributed by atoms with Crippen LogP contribution in [0.5, 0.6) is 5.75 Å². The number of aliphatic hydroxyl groups excluding tert-OH is 1. The number of methoxy groups -OCH3 is 1. The molecule has 0 aromatic heterocycles. The predicted octanol–water partition coefficient (Wildman–Crippen LogP) is 4.56. The van der Waals surface area contributed by atoms with Crippen LogP contribution < -0.4 is 10.1 Å². The van der Waals surface area contributed by atoms with Gasteiger partial charge in [0.05, 0.1) is 13.2 Å². The highest BCUT2D eigenvalue weighted by molar-refractivity contribution is 5.70. The van der Waals surface area contributed by atoms with E-state index in [4.69, 9.17) is 4.74 Å². The number of para-hydroxylation sites is 1. The van der Waals surface area contributed by atoms with E-state index < -0.39 is 0 Å². The Morgan fingerprint density at radius 2 is 1.79 bits per heavy atom. The van der Waals surface area contributed by atoms with Crippen LogP contribution in [0.3, 0.4) is 0 Å². The van der Waals surface area contributed by atoms with E-state index in [2.05, 4.69) is 42.6 Å². The third-order valence-electron chi connectivity index (χ3n) is 4.46. The summed E-state index contributed by atoms with van der Waals surface area (Å²) in [6.45, 7) is 5.12. The van der Waals surface area contributed by atoms with E-state index in [1.54, 1.807) is 7.11 Å². The van der Waals surface area contributed by atoms with Gasteiger partial charge in [-0.1, -0.05) is 49.4 Å². The zero-order valence-corrected chi connectivity index (χ0v) is 15.0. The second-order valence-electron chi connectivity index (χ2n) is 6.20. The van der Waals surface area contributed by atoms with Gasteiger partial charge in [-0.15, -0.1) is 0 Å². The topological polar surface area (TPSA) is 41.5 Å². The number of hydrogen-bond donors (Lipinski definition) is 2. The summed E-state index contributed by atoms with van der Waals surface area (Å²) in [7, 11) is 1.70. The first-order valence-corrected chi connectivity index (χ1v) is 8.80. The van der Waals surface area contributed by atoms with Crippen LogP contribution in [0.4, 0.5) is 0 Å². The van der Waals surface area contributed by atoms with Crippen LogP contribution in [-0.4, -0.2) is 24.9 Å². The molecule has 3 nitrogen and oxygen atoms in total. The van der Waals surface area contributed by atoms with E-state index in [-0.39, 0.29) is 6.10 Å². The summed E-state index contributed by atoms with van der Waals surface area (Å²) in [5.74, 6) is 0.894. The average molecular weight is 327 g/mol. The summed E-state index contributed by atoms with van der Waals surface area (Å²) in [5, 5.41) is 13.1. The molecule has 24 heavy (non-hydrogen) atoms. The molecule has 0 heterocycles. The van der Waals surface area contributed by atoms with Crippen LogP contribution >= 0.6 is 0 Å². The molecule has 2 atom stereocenters. The highest BCUT2D eigenvalue weighted by atomic mass is 16.5. The Labute approximate surface area is 145 Å². The van der Waals surface area contributed by atoms with Crippen LogP contribution in [0.2, 0.25) is 0 Å². The molecule has 0 bridgehead atoms. The molecular formula is C21H29NO2. The quantitative estimate of drug-likeness (QED) is 0.663. The molecule has 0 fully saturated rings. The molecule has 0 saturated carbocycles. The lowest BCUT2D eigenvalue weighted by molar-refractivity contribution is 0.157. The first kappa shape index (κ1) is 18.5. The standard InChI is InChI=1S/C21H29NO2/c1-4-19(23)8-7-15-22-16(2)17-11-13-18(14-12-17)20-9-5-6-10-21(20)24-3/h5-6,9-14,16,19,22-23H,4,7-8,15H2,1-3H3. The second kappa shape index (κ2) is 9.45. The van der Waals surface area contributed by atoms with Crippen molar-refractivity contribution in [3.05, 3.63) is 54.1 Å². The molecule has 2 unspecified atom stereocenters. The first-order valence-electron chi connectivity index (χ1n) is 8.80. The van der Waals surface area contributed by atoms with Crippen molar-refractivity contribution in [1.29, 1.82) is 0 Å². The van der Waals surface area contributed by atoms with Crippen molar-refractivity contribution in [2.45, 2.75) is 45.3 Å². The minimum Gasteiger partial charge on any atom is -0.496 e. The van der Waals surface area contributed by atoms with Gasteiger partial charge in [0, 0.05) is 11.6 Å². The number of ether oxygens (including phenoxy) is 1. The maximum Gasteiger partial charge on any atom is 0.126 e. The third kappa shape index (κ3) is 5.08. The molecule has 0 saturated heterocycles. The van der Waals surface area contributed by atoms with Crippen LogP contribution in [0, 0.1) is 0 Å². The summed E-state index contributed by atoms with van der Waals surface area (Å²) < 4.78 is 5.44. The average Bonchev–Trinajstić information content (AvgIpc) is 2.64. The van der Waals surface area contributed by atoms with Crippen molar-refractivity contribution in [2.75, 3.05) is 13.7 Å². The van der Waals surface area contributed by atoms with Crippen molar-refractivity contribution in [3.63, 3.8) is 0 Å². The molecule has 2 N–H and O–H groups in total. The van der Waals surface area contributed by atoms with E-state index >= 15 is 0 Å². The van der Waals surface area contributed by atoms with Gasteiger partial charge in [-0.25, -0.2) is 0 Å². The lowest BCUT2D eigenvalue weighted by atomic mass is 10.0. The minimum atomic E-state index is -0.165. The molecule has 2 aromatic carbocycles. The van der Waals surface area contributed by atoms with Crippen LogP contribution in [-0.2, 0) is 0 Å². The van der Waals surface area contributed by atoms with Gasteiger partial charge in [-0.2, -0.15) is 0 Å².